The molecule has 0 unspecified atom stereocenters. The third-order valence-corrected chi connectivity index (χ3v) is 4.62. The molecule has 0 radical (unpaired) electrons. The molecule has 0 aliphatic carbocycles. The second-order valence-electron chi connectivity index (χ2n) is 6.27. The molecule has 9 heteroatoms. The normalized spacial score (nSPS) is 10.8. The number of carbonyl (C=O) groups is 2. The van der Waals surface area contributed by atoms with Crippen molar-refractivity contribution in [3.63, 3.8) is 0 Å². The van der Waals surface area contributed by atoms with E-state index in [2.05, 4.69) is 15.5 Å². The third-order valence-electron chi connectivity index (χ3n) is 3.68. The lowest BCUT2D eigenvalue weighted by molar-refractivity contribution is -0.113. The molecule has 2 aromatic rings. The minimum atomic E-state index is -0.361. The first kappa shape index (κ1) is 20.8. The molecule has 27 heavy (non-hydrogen) atoms. The van der Waals surface area contributed by atoms with Crippen LogP contribution in [0.15, 0.2) is 29.4 Å². The van der Waals surface area contributed by atoms with Crippen LogP contribution in [0.5, 0.6) is 0 Å². The Balaban J connectivity index is 1.84. The van der Waals surface area contributed by atoms with Crippen LogP contribution in [0.1, 0.15) is 55.7 Å². The number of ether oxygens (including phenoxy) is 1. The van der Waals surface area contributed by atoms with Gasteiger partial charge in [0, 0.05) is 11.6 Å². The number of nitrogens with zero attached hydrogens (tertiary/aromatic N) is 3. The van der Waals surface area contributed by atoms with Crippen molar-refractivity contribution < 1.29 is 14.3 Å². The molecule has 0 fully saturated rings. The summed E-state index contributed by atoms with van der Waals surface area (Å²) in [5, 5.41) is 11.3. The van der Waals surface area contributed by atoms with Gasteiger partial charge in [0.1, 0.15) is 0 Å². The van der Waals surface area contributed by atoms with E-state index >= 15 is 0 Å². The summed E-state index contributed by atoms with van der Waals surface area (Å²) in [4.78, 5) is 24.0. The third kappa shape index (κ3) is 5.99. The number of nitrogen functional groups attached to an aromatic ring is 1. The van der Waals surface area contributed by atoms with Crippen molar-refractivity contribution in [2.75, 3.05) is 23.5 Å². The van der Waals surface area contributed by atoms with Crippen LogP contribution in [0.25, 0.3) is 0 Å². The van der Waals surface area contributed by atoms with E-state index in [1.165, 1.54) is 16.4 Å². The fourth-order valence-electron chi connectivity index (χ4n) is 2.19. The molecule has 0 saturated carbocycles. The highest BCUT2D eigenvalue weighted by molar-refractivity contribution is 7.99. The fourth-order valence-corrected chi connectivity index (χ4v) is 2.85. The van der Waals surface area contributed by atoms with Crippen LogP contribution in [0.3, 0.4) is 0 Å². The second kappa shape index (κ2) is 9.96. The van der Waals surface area contributed by atoms with Crippen molar-refractivity contribution in [3.05, 3.63) is 35.7 Å². The molecule has 0 saturated heterocycles. The van der Waals surface area contributed by atoms with Crippen LogP contribution in [-0.2, 0) is 9.53 Å². The molecule has 0 aliphatic rings. The van der Waals surface area contributed by atoms with Gasteiger partial charge in [-0.2, -0.15) is 0 Å². The van der Waals surface area contributed by atoms with E-state index in [4.69, 9.17) is 10.6 Å². The Hall–Kier alpha value is -2.55. The number of aromatic nitrogens is 3. The Morgan fingerprint density at radius 2 is 1.96 bits per heavy atom. The van der Waals surface area contributed by atoms with Crippen molar-refractivity contribution in [2.45, 2.75) is 44.7 Å². The van der Waals surface area contributed by atoms with Crippen molar-refractivity contribution in [3.8, 4) is 0 Å². The molecule has 3 N–H and O–H groups in total. The Morgan fingerprint density at radius 3 is 2.56 bits per heavy atom. The Kier molecular flexibility index (Phi) is 7.66. The van der Waals surface area contributed by atoms with Gasteiger partial charge in [-0.25, -0.2) is 9.47 Å². The van der Waals surface area contributed by atoms with Gasteiger partial charge in [0.25, 0.3) is 0 Å². The SMILES string of the molecule is CCCCOC(=O)c1ccc(NC(=O)CSc2nnc(C(C)C)n2N)cc1. The van der Waals surface area contributed by atoms with Gasteiger partial charge < -0.3 is 15.9 Å². The van der Waals surface area contributed by atoms with E-state index in [9.17, 15) is 9.59 Å². The van der Waals surface area contributed by atoms with Gasteiger partial charge >= 0.3 is 5.97 Å². The van der Waals surface area contributed by atoms with E-state index in [0.29, 0.717) is 28.8 Å². The number of esters is 1. The van der Waals surface area contributed by atoms with Gasteiger partial charge in [0.2, 0.25) is 11.1 Å². The zero-order valence-electron chi connectivity index (χ0n) is 15.8. The number of carbonyl (C=O) groups excluding carboxylic acids is 2. The second-order valence-corrected chi connectivity index (χ2v) is 7.21. The predicted octanol–water partition coefficient (Wildman–Crippen LogP) is 2.80. The molecule has 1 aromatic heterocycles. The van der Waals surface area contributed by atoms with E-state index in [0.717, 1.165) is 12.8 Å². The number of nitrogens with one attached hydrogen (secondary N) is 1. The van der Waals surface area contributed by atoms with Crippen LogP contribution >= 0.6 is 11.8 Å². The van der Waals surface area contributed by atoms with E-state index < -0.39 is 0 Å². The largest absolute Gasteiger partial charge is 0.462 e. The van der Waals surface area contributed by atoms with Crippen LogP contribution in [0.2, 0.25) is 0 Å². The van der Waals surface area contributed by atoms with Crippen LogP contribution in [-0.4, -0.2) is 39.1 Å². The molecule has 0 spiro atoms. The quantitative estimate of drug-likeness (QED) is 0.292. The molecular formula is C18H25N5O3S. The summed E-state index contributed by atoms with van der Waals surface area (Å²) < 4.78 is 6.55. The minimum Gasteiger partial charge on any atom is -0.462 e. The lowest BCUT2D eigenvalue weighted by Gasteiger charge is -2.07. The first-order valence-corrected chi connectivity index (χ1v) is 9.81. The van der Waals surface area contributed by atoms with Crippen molar-refractivity contribution in [1.82, 2.24) is 14.9 Å². The topological polar surface area (TPSA) is 112 Å². The molecule has 146 valence electrons. The molecule has 1 amide bonds. The van der Waals surface area contributed by atoms with Gasteiger partial charge in [-0.3, -0.25) is 4.79 Å². The van der Waals surface area contributed by atoms with E-state index in [1.807, 2.05) is 20.8 Å². The Bertz CT molecular complexity index is 774. The zero-order chi connectivity index (χ0) is 19.8. The maximum absolute atomic E-state index is 12.1. The van der Waals surface area contributed by atoms with E-state index in [-0.39, 0.29) is 23.5 Å². The molecule has 0 atom stereocenters. The molecule has 1 aromatic carbocycles. The zero-order valence-corrected chi connectivity index (χ0v) is 16.6. The highest BCUT2D eigenvalue weighted by Crippen LogP contribution is 2.19. The summed E-state index contributed by atoms with van der Waals surface area (Å²) in [6.45, 7) is 6.38. The van der Waals surface area contributed by atoms with Gasteiger partial charge in [-0.15, -0.1) is 10.2 Å². The van der Waals surface area contributed by atoms with Crippen LogP contribution in [0.4, 0.5) is 5.69 Å². The van der Waals surface area contributed by atoms with Gasteiger partial charge in [0.05, 0.1) is 17.9 Å². The number of amides is 1. The smallest absolute Gasteiger partial charge is 0.338 e. The van der Waals surface area contributed by atoms with Crippen molar-refractivity contribution in [1.29, 1.82) is 0 Å². The number of benzene rings is 1. The standard InChI is InChI=1S/C18H25N5O3S/c1-4-5-10-26-17(25)13-6-8-14(9-7-13)20-15(24)11-27-18-22-21-16(12(2)3)23(18)19/h6-9,12H,4-5,10-11,19H2,1-3H3,(H,20,24). The van der Waals surface area contributed by atoms with Gasteiger partial charge in [0.15, 0.2) is 5.82 Å². The number of hydrogen-bond donors (Lipinski definition) is 2. The van der Waals surface area contributed by atoms with Crippen molar-refractivity contribution in [2.24, 2.45) is 0 Å². The van der Waals surface area contributed by atoms with Crippen molar-refractivity contribution >= 4 is 29.3 Å². The monoisotopic (exact) mass is 391 g/mol. The lowest BCUT2D eigenvalue weighted by Crippen LogP contribution is -2.17. The molecule has 0 aliphatic heterocycles. The first-order chi connectivity index (χ1) is 12.9. The average molecular weight is 391 g/mol. The summed E-state index contributed by atoms with van der Waals surface area (Å²) in [6.07, 6.45) is 1.81. The number of hydrogen-bond acceptors (Lipinski definition) is 7. The summed E-state index contributed by atoms with van der Waals surface area (Å²) in [7, 11) is 0. The molecule has 8 nitrogen and oxygen atoms in total. The number of rotatable bonds is 9. The first-order valence-electron chi connectivity index (χ1n) is 8.82. The number of thioether (sulfide) groups is 1. The highest BCUT2D eigenvalue weighted by atomic mass is 32.2. The summed E-state index contributed by atoms with van der Waals surface area (Å²) in [5.74, 6) is 6.33. The molecule has 1 heterocycles. The number of unbranched alkanes of at least 4 members (excludes halogenated alkanes) is 1. The Morgan fingerprint density at radius 1 is 1.26 bits per heavy atom. The summed E-state index contributed by atoms with van der Waals surface area (Å²) >= 11 is 1.21. The maximum Gasteiger partial charge on any atom is 0.338 e. The van der Waals surface area contributed by atoms with Gasteiger partial charge in [-0.1, -0.05) is 39.0 Å². The molecule has 0 bridgehead atoms. The van der Waals surface area contributed by atoms with Crippen LogP contribution in [0, 0.1) is 0 Å². The average Bonchev–Trinajstić information content (AvgIpc) is 3.01. The molecular weight excluding hydrogens is 366 g/mol. The molecule has 2 rings (SSSR count). The minimum absolute atomic E-state index is 0.147. The van der Waals surface area contributed by atoms with Crippen LogP contribution < -0.4 is 11.2 Å². The van der Waals surface area contributed by atoms with E-state index in [1.54, 1.807) is 24.3 Å². The lowest BCUT2D eigenvalue weighted by atomic mass is 10.2. The van der Waals surface area contributed by atoms with Gasteiger partial charge in [-0.05, 0) is 30.7 Å². The highest BCUT2D eigenvalue weighted by Gasteiger charge is 2.14. The maximum atomic E-state index is 12.1. The summed E-state index contributed by atoms with van der Waals surface area (Å²) in [6, 6.07) is 6.59. The number of anilines is 1. The fraction of sp³-hybridized carbons (Fsp3) is 0.444. The summed E-state index contributed by atoms with van der Waals surface area (Å²) in [5.41, 5.74) is 1.05. The number of nitrogens with two attached hydrogens (primary N) is 1. The predicted molar refractivity (Wildman–Crippen MR) is 105 cm³/mol. The Labute approximate surface area is 162 Å².